The molecule has 0 bridgehead atoms. The first-order valence-corrected chi connectivity index (χ1v) is 8.18. The Balaban J connectivity index is 1.81. The lowest BCUT2D eigenvalue weighted by molar-refractivity contribution is -0.123. The number of halogens is 2. The van der Waals surface area contributed by atoms with Gasteiger partial charge in [0.15, 0.2) is 0 Å². The van der Waals surface area contributed by atoms with Crippen LogP contribution < -0.4 is 5.32 Å². The Bertz CT molecular complexity index is 849. The zero-order valence-corrected chi connectivity index (χ0v) is 14.6. The molecule has 0 radical (unpaired) electrons. The van der Waals surface area contributed by atoms with Gasteiger partial charge in [0, 0.05) is 5.02 Å². The lowest BCUT2D eigenvalue weighted by Gasteiger charge is -2.11. The van der Waals surface area contributed by atoms with Crippen molar-refractivity contribution >= 4 is 45.5 Å². The Morgan fingerprint density at radius 1 is 1.17 bits per heavy atom. The van der Waals surface area contributed by atoms with E-state index in [2.05, 4.69) is 21.2 Å². The molecule has 0 aromatic heterocycles. The number of carbonyl (C=O) groups excluding carboxylic acids is 2. The summed E-state index contributed by atoms with van der Waals surface area (Å²) in [5, 5.41) is 12.7. The Kier molecular flexibility index (Phi) is 4.59. The average Bonchev–Trinajstić information content (AvgIpc) is 2.80. The molecule has 3 amide bonds. The summed E-state index contributed by atoms with van der Waals surface area (Å²) < 4.78 is 0.506. The van der Waals surface area contributed by atoms with Crippen LogP contribution in [0, 0.1) is 0 Å². The number of aromatic hydroxyl groups is 1. The number of hydrogen-bond acceptors (Lipinski definition) is 3. The highest BCUT2D eigenvalue weighted by atomic mass is 79.9. The molecule has 1 aliphatic rings. The molecule has 0 unspecified atom stereocenters. The summed E-state index contributed by atoms with van der Waals surface area (Å²) >= 11 is 9.04. The van der Waals surface area contributed by atoms with Crippen LogP contribution in [0.1, 0.15) is 11.1 Å². The molecule has 3 rings (SSSR count). The van der Waals surface area contributed by atoms with Gasteiger partial charge in [0.2, 0.25) is 0 Å². The molecule has 7 heteroatoms. The average molecular weight is 408 g/mol. The predicted octanol–water partition coefficient (Wildman–Crippen LogP) is 3.90. The van der Waals surface area contributed by atoms with Crippen LogP contribution in [0.2, 0.25) is 5.02 Å². The zero-order valence-electron chi connectivity index (χ0n) is 12.3. The summed E-state index contributed by atoms with van der Waals surface area (Å²) in [6.07, 6.45) is 1.56. The van der Waals surface area contributed by atoms with E-state index in [1.54, 1.807) is 42.5 Å². The summed E-state index contributed by atoms with van der Waals surface area (Å²) in [7, 11) is 0. The van der Waals surface area contributed by atoms with Gasteiger partial charge in [-0.05, 0) is 57.4 Å². The van der Waals surface area contributed by atoms with E-state index in [1.165, 1.54) is 6.07 Å². The second kappa shape index (κ2) is 6.67. The van der Waals surface area contributed by atoms with Crippen LogP contribution in [0.4, 0.5) is 4.79 Å². The van der Waals surface area contributed by atoms with Gasteiger partial charge < -0.3 is 10.4 Å². The molecule has 0 atom stereocenters. The number of nitrogens with one attached hydrogen (secondary N) is 1. The van der Waals surface area contributed by atoms with Gasteiger partial charge in [0.1, 0.15) is 11.4 Å². The number of rotatable bonds is 3. The predicted molar refractivity (Wildman–Crippen MR) is 94.3 cm³/mol. The van der Waals surface area contributed by atoms with Crippen LogP contribution in [0.5, 0.6) is 5.75 Å². The van der Waals surface area contributed by atoms with E-state index in [-0.39, 0.29) is 18.0 Å². The monoisotopic (exact) mass is 406 g/mol. The van der Waals surface area contributed by atoms with E-state index >= 15 is 0 Å². The molecule has 0 saturated carbocycles. The minimum absolute atomic E-state index is 0.100. The summed E-state index contributed by atoms with van der Waals surface area (Å²) in [6.45, 7) is 0.165. The third kappa shape index (κ3) is 3.44. The first-order valence-electron chi connectivity index (χ1n) is 7.01. The molecule has 0 spiro atoms. The zero-order chi connectivity index (χ0) is 17.3. The van der Waals surface area contributed by atoms with Crippen LogP contribution in [0.3, 0.4) is 0 Å². The van der Waals surface area contributed by atoms with Gasteiger partial charge in [-0.3, -0.25) is 9.69 Å². The Morgan fingerprint density at radius 2 is 1.88 bits per heavy atom. The summed E-state index contributed by atoms with van der Waals surface area (Å²) in [5.74, 6) is -0.303. The minimum atomic E-state index is -0.473. The lowest BCUT2D eigenvalue weighted by atomic mass is 10.2. The van der Waals surface area contributed by atoms with Crippen molar-refractivity contribution in [2.75, 3.05) is 0 Å². The number of imide groups is 1. The second-order valence-electron chi connectivity index (χ2n) is 5.22. The quantitative estimate of drug-likeness (QED) is 0.599. The van der Waals surface area contributed by atoms with Gasteiger partial charge in [-0.1, -0.05) is 29.8 Å². The maximum Gasteiger partial charge on any atom is 0.329 e. The molecule has 24 heavy (non-hydrogen) atoms. The van der Waals surface area contributed by atoms with Crippen molar-refractivity contribution in [3.63, 3.8) is 0 Å². The van der Waals surface area contributed by atoms with E-state index < -0.39 is 11.9 Å². The molecular formula is C17H12BrClN2O3. The molecule has 2 aromatic carbocycles. The number of phenols is 1. The molecule has 1 heterocycles. The van der Waals surface area contributed by atoms with Gasteiger partial charge in [0.05, 0.1) is 11.0 Å². The SMILES string of the molecule is O=C1N/C(=C\c2ccc(O)c(Br)c2)C(=O)N1Cc1ccc(Cl)cc1. The fourth-order valence-corrected chi connectivity index (χ4v) is 2.79. The molecule has 5 nitrogen and oxygen atoms in total. The molecular weight excluding hydrogens is 396 g/mol. The van der Waals surface area contributed by atoms with Crippen LogP contribution in [-0.2, 0) is 11.3 Å². The minimum Gasteiger partial charge on any atom is -0.507 e. The van der Waals surface area contributed by atoms with Crippen LogP contribution in [-0.4, -0.2) is 21.9 Å². The lowest BCUT2D eigenvalue weighted by Crippen LogP contribution is -2.30. The van der Waals surface area contributed by atoms with E-state index in [0.29, 0.717) is 15.1 Å². The number of nitrogens with zero attached hydrogens (tertiary/aromatic N) is 1. The molecule has 2 aromatic rings. The van der Waals surface area contributed by atoms with E-state index in [9.17, 15) is 14.7 Å². The van der Waals surface area contributed by atoms with Gasteiger partial charge in [0.25, 0.3) is 5.91 Å². The Labute approximate surface area is 151 Å². The smallest absolute Gasteiger partial charge is 0.329 e. The number of carbonyl (C=O) groups is 2. The number of benzene rings is 2. The highest BCUT2D eigenvalue weighted by molar-refractivity contribution is 9.10. The van der Waals surface area contributed by atoms with E-state index in [4.69, 9.17) is 11.6 Å². The van der Waals surface area contributed by atoms with E-state index in [0.717, 1.165) is 10.5 Å². The van der Waals surface area contributed by atoms with Gasteiger partial charge in [-0.25, -0.2) is 4.79 Å². The van der Waals surface area contributed by atoms with Gasteiger partial charge >= 0.3 is 6.03 Å². The third-order valence-electron chi connectivity index (χ3n) is 3.50. The first-order chi connectivity index (χ1) is 11.4. The van der Waals surface area contributed by atoms with Gasteiger partial charge in [-0.2, -0.15) is 0 Å². The second-order valence-corrected chi connectivity index (χ2v) is 6.51. The third-order valence-corrected chi connectivity index (χ3v) is 4.39. The summed E-state index contributed by atoms with van der Waals surface area (Å²) in [5.41, 5.74) is 1.67. The maximum atomic E-state index is 12.4. The van der Waals surface area contributed by atoms with Crippen molar-refractivity contribution in [3.05, 3.63) is 68.8 Å². The highest BCUT2D eigenvalue weighted by Crippen LogP contribution is 2.26. The van der Waals surface area contributed by atoms with E-state index in [1.807, 2.05) is 0 Å². The van der Waals surface area contributed by atoms with Crippen molar-refractivity contribution in [1.29, 1.82) is 0 Å². The summed E-state index contributed by atoms with van der Waals surface area (Å²) in [6, 6.07) is 11.3. The number of phenolic OH excluding ortho intramolecular Hbond substituents is 1. The van der Waals surface area contributed by atoms with Crippen molar-refractivity contribution in [2.45, 2.75) is 6.54 Å². The normalized spacial score (nSPS) is 15.9. The van der Waals surface area contributed by atoms with Crippen LogP contribution in [0.25, 0.3) is 6.08 Å². The van der Waals surface area contributed by atoms with Gasteiger partial charge in [-0.15, -0.1) is 0 Å². The fraction of sp³-hybridized carbons (Fsp3) is 0.0588. The first kappa shape index (κ1) is 16.5. The maximum absolute atomic E-state index is 12.4. The molecule has 0 aliphatic carbocycles. The topological polar surface area (TPSA) is 69.6 Å². The Hall–Kier alpha value is -2.31. The molecule has 122 valence electrons. The standard InChI is InChI=1S/C17H12BrClN2O3/c18-13-7-11(3-6-15(13)22)8-14-16(23)21(17(24)20-14)9-10-1-4-12(19)5-2-10/h1-8,22H,9H2,(H,20,24)/b14-8-. The number of urea groups is 1. The molecule has 2 N–H and O–H groups in total. The van der Waals surface area contributed by atoms with Crippen molar-refractivity contribution in [2.24, 2.45) is 0 Å². The van der Waals surface area contributed by atoms with Crippen molar-refractivity contribution in [1.82, 2.24) is 10.2 Å². The number of hydrogen-bond donors (Lipinski definition) is 2. The fourth-order valence-electron chi connectivity index (χ4n) is 2.27. The summed E-state index contributed by atoms with van der Waals surface area (Å²) in [4.78, 5) is 25.6. The highest BCUT2D eigenvalue weighted by Gasteiger charge is 2.33. The van der Waals surface area contributed by atoms with Crippen molar-refractivity contribution < 1.29 is 14.7 Å². The molecule has 1 saturated heterocycles. The largest absolute Gasteiger partial charge is 0.507 e. The van der Waals surface area contributed by atoms with Crippen LogP contribution >= 0.6 is 27.5 Å². The number of amides is 3. The van der Waals surface area contributed by atoms with Crippen LogP contribution in [0.15, 0.2) is 52.6 Å². The molecule has 1 aliphatic heterocycles. The van der Waals surface area contributed by atoms with Crippen molar-refractivity contribution in [3.8, 4) is 5.75 Å². The Morgan fingerprint density at radius 3 is 2.54 bits per heavy atom. The molecule has 1 fully saturated rings.